The van der Waals surface area contributed by atoms with E-state index in [1.54, 1.807) is 0 Å². The molecule has 2 nitrogen and oxygen atoms in total. The number of aliphatic hydroxyl groups excluding tert-OH is 1. The van der Waals surface area contributed by atoms with Crippen molar-refractivity contribution in [1.29, 1.82) is 0 Å². The monoisotopic (exact) mass is 231 g/mol. The lowest BCUT2D eigenvalue weighted by molar-refractivity contribution is 0.0868. The van der Waals surface area contributed by atoms with E-state index in [1.165, 1.54) is 32.1 Å². The molecule has 1 unspecified atom stereocenters. The lowest BCUT2D eigenvalue weighted by Crippen LogP contribution is -2.44. The van der Waals surface area contributed by atoms with E-state index in [2.05, 4.69) is 24.5 Å². The van der Waals surface area contributed by atoms with Gasteiger partial charge in [0.25, 0.3) is 0 Å². The molecule has 1 atom stereocenters. The van der Waals surface area contributed by atoms with E-state index in [9.17, 15) is 0 Å². The molecular formula is C12H25NOS. The van der Waals surface area contributed by atoms with Gasteiger partial charge in [0.1, 0.15) is 0 Å². The highest BCUT2D eigenvalue weighted by Gasteiger charge is 2.25. The normalized spacial score (nSPS) is 19.2. The summed E-state index contributed by atoms with van der Waals surface area (Å²) >= 11 is 4.42. The average Bonchev–Trinajstić information content (AvgIpc) is 2.14. The summed E-state index contributed by atoms with van der Waals surface area (Å²) in [6.07, 6.45) is 6.52. The zero-order valence-electron chi connectivity index (χ0n) is 9.86. The van der Waals surface area contributed by atoms with E-state index in [0.29, 0.717) is 12.5 Å². The lowest BCUT2D eigenvalue weighted by atomic mass is 9.90. The van der Waals surface area contributed by atoms with E-state index >= 15 is 0 Å². The Bertz CT molecular complexity index is 162. The van der Waals surface area contributed by atoms with E-state index in [4.69, 9.17) is 5.11 Å². The van der Waals surface area contributed by atoms with Crippen LogP contribution < -0.4 is 0 Å². The summed E-state index contributed by atoms with van der Waals surface area (Å²) in [6, 6.07) is 0.747. The molecule has 0 aromatic heterocycles. The van der Waals surface area contributed by atoms with Crippen molar-refractivity contribution in [2.45, 2.75) is 45.1 Å². The van der Waals surface area contributed by atoms with Crippen LogP contribution >= 0.6 is 12.6 Å². The van der Waals surface area contributed by atoms with Gasteiger partial charge in [-0.2, -0.15) is 12.6 Å². The molecule has 15 heavy (non-hydrogen) atoms. The first-order valence-corrected chi connectivity index (χ1v) is 6.90. The molecule has 90 valence electrons. The van der Waals surface area contributed by atoms with Crippen LogP contribution in [0, 0.1) is 5.92 Å². The lowest BCUT2D eigenvalue weighted by Gasteiger charge is -2.39. The number of rotatable bonds is 8. The Morgan fingerprint density at radius 3 is 2.60 bits per heavy atom. The predicted octanol–water partition coefficient (Wildman–Crippen LogP) is 2.18. The zero-order valence-corrected chi connectivity index (χ0v) is 10.8. The summed E-state index contributed by atoms with van der Waals surface area (Å²) < 4.78 is 0. The van der Waals surface area contributed by atoms with Gasteiger partial charge in [0, 0.05) is 19.1 Å². The van der Waals surface area contributed by atoms with Crippen LogP contribution in [0.3, 0.4) is 0 Å². The van der Waals surface area contributed by atoms with Gasteiger partial charge in [-0.25, -0.2) is 0 Å². The van der Waals surface area contributed by atoms with E-state index in [-0.39, 0.29) is 0 Å². The second-order valence-electron chi connectivity index (χ2n) is 4.64. The first-order valence-electron chi connectivity index (χ1n) is 6.27. The molecule has 0 aromatic rings. The van der Waals surface area contributed by atoms with Crippen molar-refractivity contribution in [2.24, 2.45) is 5.92 Å². The number of hydrogen-bond acceptors (Lipinski definition) is 3. The maximum absolute atomic E-state index is 9.06. The van der Waals surface area contributed by atoms with Crippen LogP contribution in [0.15, 0.2) is 0 Å². The zero-order chi connectivity index (χ0) is 11.1. The maximum Gasteiger partial charge on any atom is 0.0558 e. The Morgan fingerprint density at radius 2 is 2.20 bits per heavy atom. The quantitative estimate of drug-likeness (QED) is 0.626. The van der Waals surface area contributed by atoms with Crippen LogP contribution in [0.2, 0.25) is 0 Å². The molecule has 1 aliphatic carbocycles. The topological polar surface area (TPSA) is 23.5 Å². The molecule has 3 heteroatoms. The van der Waals surface area contributed by atoms with Crippen molar-refractivity contribution in [2.75, 3.05) is 25.4 Å². The smallest absolute Gasteiger partial charge is 0.0558 e. The molecular weight excluding hydrogens is 206 g/mol. The summed E-state index contributed by atoms with van der Waals surface area (Å²) in [5.74, 6) is 1.67. The van der Waals surface area contributed by atoms with Gasteiger partial charge in [-0.05, 0) is 30.9 Å². The second kappa shape index (κ2) is 7.53. The first kappa shape index (κ1) is 13.3. The molecule has 1 fully saturated rings. The van der Waals surface area contributed by atoms with E-state index in [0.717, 1.165) is 24.9 Å². The summed E-state index contributed by atoms with van der Waals surface area (Å²) in [6.45, 7) is 4.50. The third-order valence-electron chi connectivity index (χ3n) is 3.43. The second-order valence-corrected chi connectivity index (χ2v) is 5.01. The molecule has 1 aliphatic rings. The van der Waals surface area contributed by atoms with Gasteiger partial charge >= 0.3 is 0 Å². The van der Waals surface area contributed by atoms with Crippen molar-refractivity contribution < 1.29 is 5.11 Å². The Labute approximate surface area is 99.5 Å². The fourth-order valence-electron chi connectivity index (χ4n) is 2.28. The number of nitrogens with zero attached hydrogens (tertiary/aromatic N) is 1. The molecule has 0 amide bonds. The summed E-state index contributed by atoms with van der Waals surface area (Å²) in [4.78, 5) is 2.47. The minimum absolute atomic E-state index is 0.294. The van der Waals surface area contributed by atoms with Gasteiger partial charge in [0.05, 0.1) is 6.61 Å². The predicted molar refractivity (Wildman–Crippen MR) is 68.5 cm³/mol. The van der Waals surface area contributed by atoms with Crippen LogP contribution in [-0.4, -0.2) is 41.5 Å². The van der Waals surface area contributed by atoms with Crippen LogP contribution in [0.4, 0.5) is 0 Å². The first-order chi connectivity index (χ1) is 7.31. The molecule has 0 aliphatic heterocycles. The number of hydrogen-bond donors (Lipinski definition) is 2. The Balaban J connectivity index is 2.33. The van der Waals surface area contributed by atoms with Crippen LogP contribution in [0.25, 0.3) is 0 Å². The minimum atomic E-state index is 0.294. The van der Waals surface area contributed by atoms with Crippen LogP contribution in [0.5, 0.6) is 0 Å². The Kier molecular flexibility index (Phi) is 6.69. The van der Waals surface area contributed by atoms with Crippen molar-refractivity contribution in [3.05, 3.63) is 0 Å². The molecule has 1 N–H and O–H groups in total. The molecule has 0 radical (unpaired) electrons. The third-order valence-corrected chi connectivity index (χ3v) is 3.94. The number of thiol groups is 1. The highest BCUT2D eigenvalue weighted by atomic mass is 32.1. The molecule has 0 saturated heterocycles. The molecule has 0 aromatic carbocycles. The van der Waals surface area contributed by atoms with Crippen LogP contribution in [-0.2, 0) is 0 Å². The standard InChI is InChI=1S/C12H25NOS/c1-2-4-11(10-15)9-13(7-8-14)12-5-3-6-12/h11-12,14-15H,2-10H2,1H3. The maximum atomic E-state index is 9.06. The third kappa shape index (κ3) is 4.33. The van der Waals surface area contributed by atoms with Crippen molar-refractivity contribution in [3.8, 4) is 0 Å². The minimum Gasteiger partial charge on any atom is -0.395 e. The fourth-order valence-corrected chi connectivity index (χ4v) is 2.58. The highest BCUT2D eigenvalue weighted by Crippen LogP contribution is 2.26. The molecule has 1 saturated carbocycles. The van der Waals surface area contributed by atoms with Gasteiger partial charge in [-0.1, -0.05) is 19.8 Å². The Hall–Kier alpha value is 0.270. The van der Waals surface area contributed by atoms with Gasteiger partial charge in [0.15, 0.2) is 0 Å². The van der Waals surface area contributed by atoms with Crippen LogP contribution in [0.1, 0.15) is 39.0 Å². The fraction of sp³-hybridized carbons (Fsp3) is 1.00. The van der Waals surface area contributed by atoms with Crippen molar-refractivity contribution >= 4 is 12.6 Å². The number of aliphatic hydroxyl groups is 1. The molecule has 0 heterocycles. The van der Waals surface area contributed by atoms with Crippen molar-refractivity contribution in [1.82, 2.24) is 4.90 Å². The summed E-state index contributed by atoms with van der Waals surface area (Å²) in [5.41, 5.74) is 0. The Morgan fingerprint density at radius 1 is 1.47 bits per heavy atom. The molecule has 0 spiro atoms. The summed E-state index contributed by atoms with van der Waals surface area (Å²) in [5, 5.41) is 9.06. The van der Waals surface area contributed by atoms with E-state index in [1.807, 2.05) is 0 Å². The summed E-state index contributed by atoms with van der Waals surface area (Å²) in [7, 11) is 0. The molecule has 1 rings (SSSR count). The van der Waals surface area contributed by atoms with Gasteiger partial charge in [-0.15, -0.1) is 0 Å². The largest absolute Gasteiger partial charge is 0.395 e. The highest BCUT2D eigenvalue weighted by molar-refractivity contribution is 7.80. The molecule has 0 bridgehead atoms. The van der Waals surface area contributed by atoms with Gasteiger partial charge in [0.2, 0.25) is 0 Å². The van der Waals surface area contributed by atoms with Gasteiger partial charge in [-0.3, -0.25) is 4.90 Å². The SMILES string of the molecule is CCCC(CS)CN(CCO)C1CCC1. The van der Waals surface area contributed by atoms with Gasteiger partial charge < -0.3 is 5.11 Å². The van der Waals surface area contributed by atoms with E-state index < -0.39 is 0 Å². The average molecular weight is 231 g/mol. The van der Waals surface area contributed by atoms with Crippen molar-refractivity contribution in [3.63, 3.8) is 0 Å².